The molecule has 28 heavy (non-hydrogen) atoms. The highest BCUT2D eigenvalue weighted by Crippen LogP contribution is 2.38. The van der Waals surface area contributed by atoms with Crippen LogP contribution in [0, 0.1) is 10.1 Å². The van der Waals surface area contributed by atoms with Crippen LogP contribution in [-0.4, -0.2) is 15.8 Å². The quantitative estimate of drug-likeness (QED) is 0.499. The molecule has 0 saturated heterocycles. The molecule has 0 radical (unpaired) electrons. The SMILES string of the molecule is CCCCC(=O)N[C@@H](c1ccccc1)c1cc([N+](=O)[O-])c2cccnc2c1[O-]. The van der Waals surface area contributed by atoms with Crippen LogP contribution in [0.4, 0.5) is 5.69 Å². The summed E-state index contributed by atoms with van der Waals surface area (Å²) in [5.74, 6) is -0.635. The lowest BCUT2D eigenvalue weighted by atomic mass is 9.95. The normalized spacial score (nSPS) is 11.9. The third-order valence-corrected chi connectivity index (χ3v) is 4.56. The fourth-order valence-electron chi connectivity index (χ4n) is 3.14. The number of rotatable bonds is 7. The molecule has 3 rings (SSSR count). The van der Waals surface area contributed by atoms with Crippen LogP contribution in [0.15, 0.2) is 54.7 Å². The molecule has 1 N–H and O–H groups in total. The Morgan fingerprint density at radius 3 is 2.64 bits per heavy atom. The Labute approximate surface area is 162 Å². The van der Waals surface area contributed by atoms with Gasteiger partial charge in [-0.2, -0.15) is 0 Å². The van der Waals surface area contributed by atoms with Crippen molar-refractivity contribution in [3.8, 4) is 5.75 Å². The molecular formula is C21H20N3O4-. The van der Waals surface area contributed by atoms with E-state index in [4.69, 9.17) is 0 Å². The molecular weight excluding hydrogens is 358 g/mol. The largest absolute Gasteiger partial charge is 0.871 e. The van der Waals surface area contributed by atoms with Crippen LogP contribution in [0.25, 0.3) is 10.9 Å². The van der Waals surface area contributed by atoms with E-state index >= 15 is 0 Å². The minimum absolute atomic E-state index is 0.0236. The van der Waals surface area contributed by atoms with Gasteiger partial charge in [0.25, 0.3) is 5.69 Å². The molecule has 144 valence electrons. The van der Waals surface area contributed by atoms with Crippen molar-refractivity contribution >= 4 is 22.5 Å². The molecule has 2 aromatic carbocycles. The molecule has 0 aliphatic heterocycles. The second-order valence-corrected chi connectivity index (χ2v) is 6.49. The number of nitro groups is 1. The van der Waals surface area contributed by atoms with Crippen molar-refractivity contribution in [2.24, 2.45) is 0 Å². The molecule has 0 aliphatic rings. The summed E-state index contributed by atoms with van der Waals surface area (Å²) >= 11 is 0. The fourth-order valence-corrected chi connectivity index (χ4v) is 3.14. The van der Waals surface area contributed by atoms with E-state index in [0.717, 1.165) is 12.8 Å². The predicted molar refractivity (Wildman–Crippen MR) is 104 cm³/mol. The van der Waals surface area contributed by atoms with E-state index in [9.17, 15) is 20.0 Å². The van der Waals surface area contributed by atoms with Gasteiger partial charge in [-0.25, -0.2) is 0 Å². The van der Waals surface area contributed by atoms with Crippen LogP contribution in [-0.2, 0) is 4.79 Å². The first-order chi connectivity index (χ1) is 13.5. The maximum absolute atomic E-state index is 13.1. The Bertz CT molecular complexity index is 1010. The van der Waals surface area contributed by atoms with Crippen molar-refractivity contribution in [2.45, 2.75) is 32.2 Å². The molecule has 0 unspecified atom stereocenters. The van der Waals surface area contributed by atoms with Crippen molar-refractivity contribution < 1.29 is 14.8 Å². The zero-order valence-electron chi connectivity index (χ0n) is 15.4. The first kappa shape index (κ1) is 19.3. The second-order valence-electron chi connectivity index (χ2n) is 6.49. The van der Waals surface area contributed by atoms with E-state index < -0.39 is 16.7 Å². The number of unbranched alkanes of at least 4 members (excludes halogenated alkanes) is 1. The van der Waals surface area contributed by atoms with E-state index in [1.54, 1.807) is 30.3 Å². The molecule has 0 bridgehead atoms. The van der Waals surface area contributed by atoms with Crippen LogP contribution in [0.5, 0.6) is 5.75 Å². The maximum Gasteiger partial charge on any atom is 0.279 e. The number of benzene rings is 2. The Hall–Kier alpha value is -3.48. The summed E-state index contributed by atoms with van der Waals surface area (Å²) in [6, 6.07) is 12.5. The summed E-state index contributed by atoms with van der Waals surface area (Å²) in [5, 5.41) is 27.7. The molecule has 7 nitrogen and oxygen atoms in total. The summed E-state index contributed by atoms with van der Waals surface area (Å²) < 4.78 is 0. The third-order valence-electron chi connectivity index (χ3n) is 4.56. The number of non-ortho nitro benzene ring substituents is 1. The Morgan fingerprint density at radius 2 is 1.96 bits per heavy atom. The Kier molecular flexibility index (Phi) is 5.84. The van der Waals surface area contributed by atoms with Crippen LogP contribution in [0.3, 0.4) is 0 Å². The minimum Gasteiger partial charge on any atom is -0.871 e. The molecule has 7 heteroatoms. The van der Waals surface area contributed by atoms with E-state index in [0.29, 0.717) is 12.0 Å². The van der Waals surface area contributed by atoms with Crippen molar-refractivity contribution in [2.75, 3.05) is 0 Å². The lowest BCUT2D eigenvalue weighted by Crippen LogP contribution is -2.29. The zero-order valence-corrected chi connectivity index (χ0v) is 15.4. The molecule has 3 aromatic rings. The number of nitro benzene ring substituents is 1. The number of aromatic nitrogens is 1. The molecule has 1 atom stereocenters. The van der Waals surface area contributed by atoms with Gasteiger partial charge in [0, 0.05) is 18.7 Å². The summed E-state index contributed by atoms with van der Waals surface area (Å²) in [7, 11) is 0. The molecule has 1 amide bonds. The number of nitrogens with zero attached hydrogens (tertiary/aromatic N) is 2. The Balaban J connectivity index is 2.16. The second kappa shape index (κ2) is 8.47. The van der Waals surface area contributed by atoms with Gasteiger partial charge in [-0.3, -0.25) is 19.9 Å². The highest BCUT2D eigenvalue weighted by Gasteiger charge is 2.23. The van der Waals surface area contributed by atoms with Crippen molar-refractivity contribution in [1.29, 1.82) is 0 Å². The highest BCUT2D eigenvalue weighted by molar-refractivity contribution is 5.93. The third kappa shape index (κ3) is 3.93. The van der Waals surface area contributed by atoms with Gasteiger partial charge in [-0.05, 0) is 29.7 Å². The topological polar surface area (TPSA) is 108 Å². The van der Waals surface area contributed by atoms with Gasteiger partial charge in [-0.15, -0.1) is 0 Å². The van der Waals surface area contributed by atoms with E-state index in [1.165, 1.54) is 18.3 Å². The predicted octanol–water partition coefficient (Wildman–Crippen LogP) is 3.61. The molecule has 0 fully saturated rings. The number of fused-ring (bicyclic) bond motifs is 1. The Morgan fingerprint density at radius 1 is 1.21 bits per heavy atom. The summed E-state index contributed by atoms with van der Waals surface area (Å²) in [5.41, 5.74) is 0.625. The van der Waals surface area contributed by atoms with Crippen LogP contribution < -0.4 is 10.4 Å². The van der Waals surface area contributed by atoms with E-state index in [-0.39, 0.29) is 28.1 Å². The van der Waals surface area contributed by atoms with Crippen molar-refractivity contribution in [3.05, 3.63) is 76.0 Å². The zero-order chi connectivity index (χ0) is 20.1. The monoisotopic (exact) mass is 378 g/mol. The standard InChI is InChI=1S/C21H21N3O4/c1-2-3-11-18(25)23-19(14-8-5-4-6-9-14)16-13-17(24(27)28)15-10-7-12-22-20(15)21(16)26/h4-10,12-13,19,26H,2-3,11H2,1H3,(H,23,25)/p-1/t19-/m0/s1. The van der Waals surface area contributed by atoms with Gasteiger partial charge in [0.1, 0.15) is 0 Å². The lowest BCUT2D eigenvalue weighted by molar-refractivity contribution is -0.383. The van der Waals surface area contributed by atoms with E-state index in [1.807, 2.05) is 13.0 Å². The number of pyridine rings is 1. The molecule has 1 heterocycles. The number of carbonyl (C=O) groups is 1. The van der Waals surface area contributed by atoms with Crippen molar-refractivity contribution in [3.63, 3.8) is 0 Å². The average molecular weight is 378 g/mol. The maximum atomic E-state index is 13.1. The number of nitrogens with one attached hydrogen (secondary N) is 1. The van der Waals surface area contributed by atoms with Gasteiger partial charge in [-0.1, -0.05) is 49.4 Å². The van der Waals surface area contributed by atoms with Crippen LogP contribution in [0.2, 0.25) is 0 Å². The molecule has 0 spiro atoms. The smallest absolute Gasteiger partial charge is 0.279 e. The van der Waals surface area contributed by atoms with Crippen LogP contribution in [0.1, 0.15) is 43.4 Å². The van der Waals surface area contributed by atoms with Crippen molar-refractivity contribution in [1.82, 2.24) is 10.3 Å². The number of carbonyl (C=O) groups excluding carboxylic acids is 1. The summed E-state index contributed by atoms with van der Waals surface area (Å²) in [6.45, 7) is 1.98. The molecule has 0 aliphatic carbocycles. The summed E-state index contributed by atoms with van der Waals surface area (Å²) in [6.07, 6.45) is 3.33. The number of hydrogen-bond acceptors (Lipinski definition) is 5. The summed E-state index contributed by atoms with van der Waals surface area (Å²) in [4.78, 5) is 27.5. The lowest BCUT2D eigenvalue weighted by Gasteiger charge is -2.25. The number of amides is 1. The van der Waals surface area contributed by atoms with Gasteiger partial charge < -0.3 is 10.4 Å². The molecule has 0 saturated carbocycles. The average Bonchev–Trinajstić information content (AvgIpc) is 2.71. The van der Waals surface area contributed by atoms with Gasteiger partial charge in [0.2, 0.25) is 5.91 Å². The highest BCUT2D eigenvalue weighted by atomic mass is 16.6. The molecule has 1 aromatic heterocycles. The van der Waals surface area contributed by atoms with Gasteiger partial charge in [0.15, 0.2) is 0 Å². The minimum atomic E-state index is -0.789. The first-order valence-electron chi connectivity index (χ1n) is 9.10. The number of hydrogen-bond donors (Lipinski definition) is 1. The van der Waals surface area contributed by atoms with Gasteiger partial charge in [0.05, 0.1) is 21.9 Å². The van der Waals surface area contributed by atoms with Crippen LogP contribution >= 0.6 is 0 Å². The fraction of sp³-hybridized carbons (Fsp3) is 0.238. The van der Waals surface area contributed by atoms with E-state index in [2.05, 4.69) is 10.3 Å². The van der Waals surface area contributed by atoms with Gasteiger partial charge >= 0.3 is 0 Å². The first-order valence-corrected chi connectivity index (χ1v) is 9.10.